The van der Waals surface area contributed by atoms with E-state index in [9.17, 15) is 4.79 Å². The van der Waals surface area contributed by atoms with Crippen LogP contribution in [-0.4, -0.2) is 81.3 Å². The molecule has 1 aromatic heterocycles. The van der Waals surface area contributed by atoms with Crippen molar-refractivity contribution in [3.63, 3.8) is 0 Å². The Morgan fingerprint density at radius 1 is 1.17 bits per heavy atom. The second-order valence-corrected chi connectivity index (χ2v) is 6.15. The molecular weight excluding hydrogens is 308 g/mol. The Morgan fingerprint density at radius 2 is 1.92 bits per heavy atom. The number of morpholine rings is 1. The summed E-state index contributed by atoms with van der Waals surface area (Å²) in [4.78, 5) is 17.3. The summed E-state index contributed by atoms with van der Waals surface area (Å²) in [7, 11) is 0. The minimum absolute atomic E-state index is 0.0398. The van der Waals surface area contributed by atoms with Gasteiger partial charge >= 0.3 is 0 Å². The van der Waals surface area contributed by atoms with E-state index < -0.39 is 6.04 Å². The van der Waals surface area contributed by atoms with Crippen molar-refractivity contribution >= 4 is 5.91 Å². The topological polar surface area (TPSA) is 76.4 Å². The number of rotatable bonds is 4. The molecule has 1 aromatic carbocycles. The molecule has 3 heterocycles. The summed E-state index contributed by atoms with van der Waals surface area (Å²) in [6.45, 7) is 4.96. The van der Waals surface area contributed by atoms with Crippen LogP contribution in [0.5, 0.6) is 0 Å². The molecule has 2 aliphatic heterocycles. The highest BCUT2D eigenvalue weighted by molar-refractivity contribution is 5.84. The molecule has 1 atom stereocenters. The molecular formula is C16H20N6O2. The third-order valence-electron chi connectivity index (χ3n) is 4.71. The summed E-state index contributed by atoms with van der Waals surface area (Å²) in [6.07, 6.45) is 1.49. The van der Waals surface area contributed by atoms with Crippen molar-refractivity contribution in [2.24, 2.45) is 0 Å². The molecule has 0 saturated carbocycles. The summed E-state index contributed by atoms with van der Waals surface area (Å²) in [6, 6.07) is 9.57. The van der Waals surface area contributed by atoms with Gasteiger partial charge in [0.15, 0.2) is 6.04 Å². The summed E-state index contributed by atoms with van der Waals surface area (Å²) < 4.78 is 6.92. The van der Waals surface area contributed by atoms with Crippen LogP contribution < -0.4 is 0 Å². The van der Waals surface area contributed by atoms with Gasteiger partial charge in [0.25, 0.3) is 5.91 Å². The largest absolute Gasteiger partial charge is 0.379 e. The molecule has 0 unspecified atom stereocenters. The standard InChI is InChI=1S/C16H20N6O2/c23-16(21-10-14(11-21)20-6-8-24-9-7-20)15(22-12-17-18-19-22)13-4-2-1-3-5-13/h1-5,12,14-15H,6-11H2/t15-/m1/s1. The van der Waals surface area contributed by atoms with Crippen molar-refractivity contribution in [1.82, 2.24) is 30.0 Å². The molecule has 126 valence electrons. The van der Waals surface area contributed by atoms with E-state index in [1.165, 1.54) is 11.0 Å². The first-order chi connectivity index (χ1) is 11.8. The van der Waals surface area contributed by atoms with E-state index in [1.807, 2.05) is 35.2 Å². The van der Waals surface area contributed by atoms with Gasteiger partial charge in [-0.2, -0.15) is 0 Å². The van der Waals surface area contributed by atoms with Gasteiger partial charge in [-0.05, 0) is 16.0 Å². The number of tetrazole rings is 1. The third-order valence-corrected chi connectivity index (χ3v) is 4.71. The number of aromatic nitrogens is 4. The molecule has 0 aliphatic carbocycles. The summed E-state index contributed by atoms with van der Waals surface area (Å²) >= 11 is 0. The van der Waals surface area contributed by atoms with Crippen LogP contribution in [0.1, 0.15) is 11.6 Å². The number of carbonyl (C=O) groups is 1. The maximum atomic E-state index is 13.0. The molecule has 2 saturated heterocycles. The van der Waals surface area contributed by atoms with E-state index in [-0.39, 0.29) is 5.91 Å². The molecule has 1 amide bonds. The van der Waals surface area contributed by atoms with Crippen molar-refractivity contribution in [2.45, 2.75) is 12.1 Å². The first-order valence-electron chi connectivity index (χ1n) is 8.21. The first kappa shape index (κ1) is 15.2. The highest BCUT2D eigenvalue weighted by Gasteiger charge is 2.39. The van der Waals surface area contributed by atoms with Crippen LogP contribution in [0.3, 0.4) is 0 Å². The number of amides is 1. The molecule has 4 rings (SSSR count). The Morgan fingerprint density at radius 3 is 2.58 bits per heavy atom. The quantitative estimate of drug-likeness (QED) is 0.774. The number of benzene rings is 1. The SMILES string of the molecule is O=C([C@@H](c1ccccc1)n1cnnn1)N1CC(N2CCOCC2)C1. The molecule has 0 N–H and O–H groups in total. The van der Waals surface area contributed by atoms with Crippen molar-refractivity contribution in [2.75, 3.05) is 39.4 Å². The second kappa shape index (κ2) is 6.66. The van der Waals surface area contributed by atoms with Gasteiger partial charge in [-0.25, -0.2) is 4.68 Å². The van der Waals surface area contributed by atoms with Gasteiger partial charge in [-0.1, -0.05) is 30.3 Å². The Kier molecular flexibility index (Phi) is 4.22. The van der Waals surface area contributed by atoms with Gasteiger partial charge in [-0.15, -0.1) is 5.10 Å². The van der Waals surface area contributed by atoms with Gasteiger partial charge in [0.2, 0.25) is 0 Å². The van der Waals surface area contributed by atoms with Gasteiger partial charge in [0.05, 0.1) is 13.2 Å². The van der Waals surface area contributed by atoms with E-state index in [2.05, 4.69) is 20.4 Å². The highest BCUT2D eigenvalue weighted by atomic mass is 16.5. The second-order valence-electron chi connectivity index (χ2n) is 6.15. The molecule has 8 nitrogen and oxygen atoms in total. The maximum absolute atomic E-state index is 13.0. The fourth-order valence-electron chi connectivity index (χ4n) is 3.31. The van der Waals surface area contributed by atoms with Crippen molar-refractivity contribution in [3.8, 4) is 0 Å². The van der Waals surface area contributed by atoms with Gasteiger partial charge in [0.1, 0.15) is 6.33 Å². The third kappa shape index (κ3) is 2.90. The zero-order valence-corrected chi connectivity index (χ0v) is 13.4. The lowest BCUT2D eigenvalue weighted by molar-refractivity contribution is -0.142. The van der Waals surface area contributed by atoms with Crippen molar-refractivity contribution < 1.29 is 9.53 Å². The van der Waals surface area contributed by atoms with Crippen LogP contribution in [0.4, 0.5) is 0 Å². The Balaban J connectivity index is 1.47. The van der Waals surface area contributed by atoms with Crippen LogP contribution in [0.25, 0.3) is 0 Å². The average molecular weight is 328 g/mol. The van der Waals surface area contributed by atoms with Crippen molar-refractivity contribution in [1.29, 1.82) is 0 Å². The Labute approximate surface area is 140 Å². The smallest absolute Gasteiger partial charge is 0.252 e. The molecule has 2 aliphatic rings. The first-order valence-corrected chi connectivity index (χ1v) is 8.21. The molecule has 0 bridgehead atoms. The zero-order valence-electron chi connectivity index (χ0n) is 13.4. The highest BCUT2D eigenvalue weighted by Crippen LogP contribution is 2.24. The number of likely N-dealkylation sites (tertiary alicyclic amines) is 1. The molecule has 2 aromatic rings. The predicted molar refractivity (Wildman–Crippen MR) is 85.2 cm³/mol. The molecule has 8 heteroatoms. The monoisotopic (exact) mass is 328 g/mol. The number of hydrogen-bond donors (Lipinski definition) is 0. The van der Waals surface area contributed by atoms with Crippen LogP contribution in [0.15, 0.2) is 36.7 Å². The van der Waals surface area contributed by atoms with Crippen molar-refractivity contribution in [3.05, 3.63) is 42.2 Å². The lowest BCUT2D eigenvalue weighted by atomic mass is 10.0. The molecule has 0 radical (unpaired) electrons. The van der Waals surface area contributed by atoms with E-state index in [0.717, 1.165) is 45.0 Å². The Bertz CT molecular complexity index is 665. The lowest BCUT2D eigenvalue weighted by Gasteiger charge is -2.47. The molecule has 24 heavy (non-hydrogen) atoms. The average Bonchev–Trinajstić information content (AvgIpc) is 3.10. The van der Waals surface area contributed by atoms with E-state index in [0.29, 0.717) is 6.04 Å². The minimum atomic E-state index is -0.508. The molecule has 0 spiro atoms. The number of carbonyl (C=O) groups excluding carboxylic acids is 1. The number of nitrogens with zero attached hydrogens (tertiary/aromatic N) is 6. The predicted octanol–water partition coefficient (Wildman–Crippen LogP) is -0.194. The van der Waals surface area contributed by atoms with Crippen LogP contribution in [0.2, 0.25) is 0 Å². The van der Waals surface area contributed by atoms with E-state index in [1.54, 1.807) is 0 Å². The fraction of sp³-hybridized carbons (Fsp3) is 0.500. The Hall–Kier alpha value is -2.32. The fourth-order valence-corrected chi connectivity index (χ4v) is 3.31. The lowest BCUT2D eigenvalue weighted by Crippen LogP contribution is -2.63. The number of hydrogen-bond acceptors (Lipinski definition) is 6. The van der Waals surface area contributed by atoms with Crippen LogP contribution in [0, 0.1) is 0 Å². The van der Waals surface area contributed by atoms with Gasteiger partial charge in [0, 0.05) is 32.2 Å². The number of ether oxygens (including phenoxy) is 1. The summed E-state index contributed by atoms with van der Waals surface area (Å²) in [5, 5.41) is 11.3. The van der Waals surface area contributed by atoms with Gasteiger partial charge in [-0.3, -0.25) is 9.69 Å². The minimum Gasteiger partial charge on any atom is -0.379 e. The molecule has 2 fully saturated rings. The van der Waals surface area contributed by atoms with E-state index in [4.69, 9.17) is 4.74 Å². The normalized spacial score (nSPS) is 20.6. The van der Waals surface area contributed by atoms with Crippen LogP contribution in [-0.2, 0) is 9.53 Å². The maximum Gasteiger partial charge on any atom is 0.252 e. The van der Waals surface area contributed by atoms with E-state index >= 15 is 0 Å². The van der Waals surface area contributed by atoms with Crippen LogP contribution >= 0.6 is 0 Å². The van der Waals surface area contributed by atoms with Gasteiger partial charge < -0.3 is 9.64 Å². The summed E-state index contributed by atoms with van der Waals surface area (Å²) in [5.41, 5.74) is 0.893. The summed E-state index contributed by atoms with van der Waals surface area (Å²) in [5.74, 6) is 0.0398. The zero-order chi connectivity index (χ0) is 16.4.